The maximum Gasteiger partial charge on any atom is 0.125 e. The molecule has 0 amide bonds. The summed E-state index contributed by atoms with van der Waals surface area (Å²) in [5.74, 6) is 1.14. The molecule has 0 spiro atoms. The van der Waals surface area contributed by atoms with E-state index >= 15 is 0 Å². The van der Waals surface area contributed by atoms with Crippen molar-refractivity contribution in [2.75, 3.05) is 0 Å². The predicted molar refractivity (Wildman–Crippen MR) is 82.2 cm³/mol. The highest BCUT2D eigenvalue weighted by Gasteiger charge is 2.14. The summed E-state index contributed by atoms with van der Waals surface area (Å²) >= 11 is 7.74. The summed E-state index contributed by atoms with van der Waals surface area (Å²) in [7, 11) is 0. The lowest BCUT2D eigenvalue weighted by Gasteiger charge is -2.07. The highest BCUT2D eigenvalue weighted by molar-refractivity contribution is 7.10. The summed E-state index contributed by atoms with van der Waals surface area (Å²) in [6, 6.07) is 9.96. The van der Waals surface area contributed by atoms with Crippen molar-refractivity contribution in [1.29, 1.82) is 5.26 Å². The Kier molecular flexibility index (Phi) is 3.47. The van der Waals surface area contributed by atoms with E-state index in [1.165, 1.54) is 10.4 Å². The molecule has 0 aliphatic rings. The zero-order chi connectivity index (χ0) is 14.1. The Morgan fingerprint density at radius 2 is 2.25 bits per heavy atom. The third-order valence-electron chi connectivity index (χ3n) is 3.37. The van der Waals surface area contributed by atoms with E-state index in [-0.39, 0.29) is 0 Å². The van der Waals surface area contributed by atoms with Gasteiger partial charge in [0.05, 0.1) is 23.5 Å². The third kappa shape index (κ3) is 2.09. The maximum absolute atomic E-state index is 9.18. The molecule has 3 rings (SSSR count). The predicted octanol–water partition coefficient (Wildman–Crippen LogP) is 4.07. The number of aromatic nitrogens is 2. The Balaban J connectivity index is 2.19. The van der Waals surface area contributed by atoms with Crippen molar-refractivity contribution in [3.05, 3.63) is 51.5 Å². The average molecular weight is 302 g/mol. The summed E-state index contributed by atoms with van der Waals surface area (Å²) in [5, 5.41) is 11.3. The standard InChI is InChI=1S/C15H12ClN3S/c1-10-5-6-20-13(10)9-19-12-4-2-3-11(8-17)15(12)18-14(19)7-16/h2-6H,7,9H2,1H3. The van der Waals surface area contributed by atoms with Gasteiger partial charge in [-0.15, -0.1) is 22.9 Å². The summed E-state index contributed by atoms with van der Waals surface area (Å²) in [6.45, 7) is 2.85. The first kappa shape index (κ1) is 13.2. The zero-order valence-corrected chi connectivity index (χ0v) is 12.5. The van der Waals surface area contributed by atoms with Gasteiger partial charge in [-0.3, -0.25) is 0 Å². The van der Waals surface area contributed by atoms with E-state index in [2.05, 4.69) is 34.0 Å². The molecule has 0 unspecified atom stereocenters. The fourth-order valence-electron chi connectivity index (χ4n) is 2.27. The van der Waals surface area contributed by atoms with Crippen LogP contribution in [0.15, 0.2) is 29.6 Å². The lowest BCUT2D eigenvalue weighted by atomic mass is 10.2. The van der Waals surface area contributed by atoms with Crippen LogP contribution in [0.4, 0.5) is 0 Å². The Morgan fingerprint density at radius 3 is 2.90 bits per heavy atom. The second-order valence-electron chi connectivity index (χ2n) is 4.56. The van der Waals surface area contributed by atoms with Gasteiger partial charge in [-0.1, -0.05) is 6.07 Å². The Labute approximate surface area is 126 Å². The number of rotatable bonds is 3. The molecular formula is C15H12ClN3S. The Hall–Kier alpha value is -1.83. The van der Waals surface area contributed by atoms with Gasteiger partial charge in [0, 0.05) is 4.88 Å². The highest BCUT2D eigenvalue weighted by Crippen LogP contribution is 2.24. The molecule has 0 bridgehead atoms. The number of benzene rings is 1. The number of thiophene rings is 1. The van der Waals surface area contributed by atoms with Gasteiger partial charge in [-0.05, 0) is 36.1 Å². The van der Waals surface area contributed by atoms with Crippen molar-refractivity contribution >= 4 is 34.0 Å². The van der Waals surface area contributed by atoms with Crippen LogP contribution < -0.4 is 0 Å². The van der Waals surface area contributed by atoms with Gasteiger partial charge in [-0.2, -0.15) is 5.26 Å². The van der Waals surface area contributed by atoms with Crippen molar-refractivity contribution in [2.24, 2.45) is 0 Å². The first-order chi connectivity index (χ1) is 9.74. The Bertz CT molecular complexity index is 810. The summed E-state index contributed by atoms with van der Waals surface area (Å²) in [4.78, 5) is 5.82. The fourth-order valence-corrected chi connectivity index (χ4v) is 3.37. The summed E-state index contributed by atoms with van der Waals surface area (Å²) < 4.78 is 2.10. The van der Waals surface area contributed by atoms with Gasteiger partial charge in [-0.25, -0.2) is 4.98 Å². The molecule has 0 fully saturated rings. The molecule has 2 heterocycles. The van der Waals surface area contributed by atoms with Crippen LogP contribution >= 0.6 is 22.9 Å². The van der Waals surface area contributed by atoms with Crippen molar-refractivity contribution in [3.63, 3.8) is 0 Å². The number of halogens is 1. The number of nitriles is 1. The van der Waals surface area contributed by atoms with Crippen LogP contribution in [0.1, 0.15) is 21.8 Å². The molecule has 0 aliphatic carbocycles. The molecule has 20 heavy (non-hydrogen) atoms. The van der Waals surface area contributed by atoms with Crippen LogP contribution in [0.25, 0.3) is 11.0 Å². The quantitative estimate of drug-likeness (QED) is 0.684. The topological polar surface area (TPSA) is 41.6 Å². The summed E-state index contributed by atoms with van der Waals surface area (Å²) in [5.41, 5.74) is 3.57. The van der Waals surface area contributed by atoms with Crippen molar-refractivity contribution in [3.8, 4) is 6.07 Å². The first-order valence-corrected chi connectivity index (χ1v) is 7.63. The fraction of sp³-hybridized carbons (Fsp3) is 0.200. The minimum absolute atomic E-state index is 0.337. The minimum atomic E-state index is 0.337. The van der Waals surface area contributed by atoms with E-state index in [1.54, 1.807) is 17.4 Å². The molecular weight excluding hydrogens is 290 g/mol. The molecule has 3 nitrogen and oxygen atoms in total. The molecule has 1 aromatic carbocycles. The van der Waals surface area contributed by atoms with Gasteiger partial charge >= 0.3 is 0 Å². The second kappa shape index (κ2) is 5.28. The lowest BCUT2D eigenvalue weighted by molar-refractivity contribution is 0.786. The van der Waals surface area contributed by atoms with E-state index in [0.29, 0.717) is 11.4 Å². The van der Waals surface area contributed by atoms with Crippen LogP contribution in [0.5, 0.6) is 0 Å². The van der Waals surface area contributed by atoms with Gasteiger partial charge in [0.25, 0.3) is 0 Å². The number of hydrogen-bond acceptors (Lipinski definition) is 3. The number of hydrogen-bond donors (Lipinski definition) is 0. The summed E-state index contributed by atoms with van der Waals surface area (Å²) in [6.07, 6.45) is 0. The molecule has 0 saturated heterocycles. The average Bonchev–Trinajstić information content (AvgIpc) is 3.03. The molecule has 0 aliphatic heterocycles. The number of nitrogens with zero attached hydrogens (tertiary/aromatic N) is 3. The number of para-hydroxylation sites is 1. The van der Waals surface area contributed by atoms with E-state index in [4.69, 9.17) is 11.6 Å². The van der Waals surface area contributed by atoms with Crippen LogP contribution in [-0.2, 0) is 12.4 Å². The van der Waals surface area contributed by atoms with Crippen LogP contribution in [-0.4, -0.2) is 9.55 Å². The molecule has 0 atom stereocenters. The molecule has 0 N–H and O–H groups in total. The monoisotopic (exact) mass is 301 g/mol. The lowest BCUT2D eigenvalue weighted by Crippen LogP contribution is -2.03. The van der Waals surface area contributed by atoms with E-state index in [1.807, 2.05) is 12.1 Å². The van der Waals surface area contributed by atoms with E-state index < -0.39 is 0 Å². The largest absolute Gasteiger partial charge is 0.322 e. The maximum atomic E-state index is 9.18. The van der Waals surface area contributed by atoms with Crippen LogP contribution in [0.3, 0.4) is 0 Å². The van der Waals surface area contributed by atoms with Gasteiger partial charge in [0.15, 0.2) is 0 Å². The SMILES string of the molecule is Cc1ccsc1Cn1c(CCl)nc2c(C#N)cccc21. The molecule has 0 saturated carbocycles. The van der Waals surface area contributed by atoms with Crippen LogP contribution in [0, 0.1) is 18.3 Å². The van der Waals surface area contributed by atoms with Crippen molar-refractivity contribution in [1.82, 2.24) is 9.55 Å². The normalized spacial score (nSPS) is 10.8. The third-order valence-corrected chi connectivity index (χ3v) is 4.61. The zero-order valence-electron chi connectivity index (χ0n) is 10.9. The number of fused-ring (bicyclic) bond motifs is 1. The minimum Gasteiger partial charge on any atom is -0.322 e. The van der Waals surface area contributed by atoms with Crippen LogP contribution in [0.2, 0.25) is 0 Å². The number of aryl methyl sites for hydroxylation is 1. The van der Waals surface area contributed by atoms with Crippen molar-refractivity contribution < 1.29 is 0 Å². The number of alkyl halides is 1. The van der Waals surface area contributed by atoms with Gasteiger partial charge < -0.3 is 4.57 Å². The molecule has 5 heteroatoms. The molecule has 100 valence electrons. The van der Waals surface area contributed by atoms with Gasteiger partial charge in [0.2, 0.25) is 0 Å². The highest BCUT2D eigenvalue weighted by atomic mass is 35.5. The molecule has 0 radical (unpaired) electrons. The number of imidazole rings is 1. The molecule has 2 aromatic heterocycles. The second-order valence-corrected chi connectivity index (χ2v) is 5.83. The van der Waals surface area contributed by atoms with E-state index in [9.17, 15) is 5.26 Å². The first-order valence-electron chi connectivity index (χ1n) is 6.21. The molecule has 3 aromatic rings. The Morgan fingerprint density at radius 1 is 1.40 bits per heavy atom. The van der Waals surface area contributed by atoms with Gasteiger partial charge in [0.1, 0.15) is 17.4 Å². The van der Waals surface area contributed by atoms with E-state index in [0.717, 1.165) is 23.4 Å². The van der Waals surface area contributed by atoms with Crippen molar-refractivity contribution in [2.45, 2.75) is 19.3 Å². The smallest absolute Gasteiger partial charge is 0.125 e.